The molecule has 13 rings (SSSR count). The summed E-state index contributed by atoms with van der Waals surface area (Å²) < 4.78 is 25.8. The monoisotopic (exact) mass is 1200 g/mol. The van der Waals surface area contributed by atoms with Crippen molar-refractivity contribution in [2.45, 2.75) is 161 Å². The van der Waals surface area contributed by atoms with Crippen LogP contribution >= 0.6 is 12.4 Å². The molecule has 86 heavy (non-hydrogen) atoms. The van der Waals surface area contributed by atoms with E-state index in [1.807, 2.05) is 56.9 Å². The summed E-state index contributed by atoms with van der Waals surface area (Å²) in [5.74, 6) is 4.03. The van der Waals surface area contributed by atoms with Crippen LogP contribution in [0.4, 0.5) is 33.6 Å². The van der Waals surface area contributed by atoms with Gasteiger partial charge in [0.15, 0.2) is 29.0 Å². The van der Waals surface area contributed by atoms with Gasteiger partial charge in [-0.2, -0.15) is 0 Å². The fraction of sp³-hybridized carbons (Fsp3) is 0.623. The predicted molar refractivity (Wildman–Crippen MR) is 332 cm³/mol. The number of nitrogens with zero attached hydrogens (tertiary/aromatic N) is 15. The van der Waals surface area contributed by atoms with Gasteiger partial charge in [-0.05, 0) is 117 Å². The van der Waals surface area contributed by atoms with E-state index in [4.69, 9.17) is 74.4 Å². The number of hydrogen-bond acceptors (Lipinski definition) is 22. The Morgan fingerprint density at radius 2 is 1.33 bits per heavy atom. The summed E-state index contributed by atoms with van der Waals surface area (Å²) in [6.07, 6.45) is 15.1. The molecule has 5 fully saturated rings. The molecule has 0 aliphatic carbocycles. The molecule has 0 radical (unpaired) electrons. The molecule has 5 aromatic rings. The second kappa shape index (κ2) is 25.1. The fourth-order valence-electron chi connectivity index (χ4n) is 13.7. The average molecular weight is 1200 g/mol. The highest BCUT2D eigenvalue weighted by atomic mass is 35.5. The standard InChI is InChI=1S/C35H49N9O5.C26H34N8O2.ClH/c1-22-12-15-43(25-11-10-24(19-37-46-6)38-28(22)25)32-29-31(44(41-32)27-9-7-8-18-47-27)39-26(20-36-29)42-16-13-35(14-17-42)21-48-23(2)30(35)40-33(45)49-34(3,4)5;1-16-6-9-34(20-5-4-18(12-30-35-3)31-22(16)20)25-23-19(13-29-25)32-21(14-28-23)33-10-7-26(8-11-33)15-36-17(2)24(26)27;/h10-11,19-20,22-23,27,30H,7-9,12-18,21H2,1-6H3,(H,40,45);4-5,12,14,16-17,24H,6-11,13,15,27H2,1-3H3;1H/b37-19+;30-12+;/t22-,23-,27?,30+;16-,17-,24+;/m00./s1. The van der Waals surface area contributed by atoms with E-state index >= 15 is 0 Å². The number of anilines is 5. The molecule has 13 heterocycles. The number of halogens is 1. The van der Waals surface area contributed by atoms with Crippen molar-refractivity contribution in [3.63, 3.8) is 0 Å². The van der Waals surface area contributed by atoms with E-state index < -0.39 is 11.7 Å². The van der Waals surface area contributed by atoms with Gasteiger partial charge in [-0.25, -0.2) is 39.4 Å². The number of nitrogens with one attached hydrogen (secondary N) is 1. The van der Waals surface area contributed by atoms with Crippen molar-refractivity contribution in [2.24, 2.45) is 31.9 Å². The lowest BCUT2D eigenvalue weighted by molar-refractivity contribution is -0.0368. The number of fused-ring (bicyclic) bond motifs is 4. The van der Waals surface area contributed by atoms with Crippen LogP contribution in [-0.2, 0) is 35.2 Å². The number of rotatable bonds is 9. The van der Waals surface area contributed by atoms with E-state index in [1.165, 1.54) is 14.2 Å². The topological polar surface area (TPSA) is 256 Å². The second-order valence-corrected chi connectivity index (χ2v) is 25.3. The summed E-state index contributed by atoms with van der Waals surface area (Å²) in [5.41, 5.74) is 14.8. The van der Waals surface area contributed by atoms with Crippen molar-refractivity contribution in [2.75, 3.05) is 92.9 Å². The minimum Gasteiger partial charge on any atom is -0.444 e. The lowest BCUT2D eigenvalue weighted by Gasteiger charge is -2.42. The molecule has 1 unspecified atom stereocenters. The highest BCUT2D eigenvalue weighted by Gasteiger charge is 2.51. The lowest BCUT2D eigenvalue weighted by atomic mass is 9.73. The van der Waals surface area contributed by atoms with E-state index in [9.17, 15) is 4.79 Å². The first-order valence-electron chi connectivity index (χ1n) is 30.5. The molecule has 2 spiro atoms. The first-order valence-corrected chi connectivity index (χ1v) is 30.5. The number of amidine groups is 1. The van der Waals surface area contributed by atoms with Crippen molar-refractivity contribution in [1.82, 2.24) is 45.0 Å². The number of aliphatic imine (C=N–C) groups is 1. The summed E-state index contributed by atoms with van der Waals surface area (Å²) in [4.78, 5) is 66.3. The number of carbonyl (C=O) groups is 1. The number of piperidine rings is 2. The van der Waals surface area contributed by atoms with Crippen molar-refractivity contribution < 1.29 is 33.4 Å². The van der Waals surface area contributed by atoms with Gasteiger partial charge in [0.2, 0.25) is 0 Å². The second-order valence-electron chi connectivity index (χ2n) is 25.3. The zero-order valence-corrected chi connectivity index (χ0v) is 52.0. The van der Waals surface area contributed by atoms with Crippen molar-refractivity contribution in [1.29, 1.82) is 0 Å². The molecule has 0 saturated carbocycles. The van der Waals surface area contributed by atoms with Crippen LogP contribution in [0.25, 0.3) is 11.2 Å². The van der Waals surface area contributed by atoms with Gasteiger partial charge in [-0.3, -0.25) is 4.99 Å². The van der Waals surface area contributed by atoms with Crippen LogP contribution < -0.4 is 30.7 Å². The van der Waals surface area contributed by atoms with E-state index in [0.29, 0.717) is 25.7 Å². The molecule has 24 nitrogen and oxygen atoms in total. The highest BCUT2D eigenvalue weighted by molar-refractivity contribution is 6.11. The molecule has 8 aliphatic heterocycles. The average Bonchev–Trinajstić information content (AvgIpc) is 2.17. The van der Waals surface area contributed by atoms with Gasteiger partial charge in [-0.1, -0.05) is 24.2 Å². The van der Waals surface area contributed by atoms with Crippen LogP contribution in [0.1, 0.15) is 158 Å². The van der Waals surface area contributed by atoms with Gasteiger partial charge in [0.25, 0.3) is 0 Å². The largest absolute Gasteiger partial charge is 0.444 e. The molecule has 5 aromatic heterocycles. The molecule has 3 N–H and O–H groups in total. The van der Waals surface area contributed by atoms with E-state index in [0.717, 1.165) is 184 Å². The maximum Gasteiger partial charge on any atom is 0.407 e. The Morgan fingerprint density at radius 3 is 1.93 bits per heavy atom. The van der Waals surface area contributed by atoms with Crippen LogP contribution in [0.5, 0.6) is 0 Å². The number of amides is 1. The highest BCUT2D eigenvalue weighted by Crippen LogP contribution is 2.46. The Morgan fingerprint density at radius 1 is 0.733 bits per heavy atom. The first-order chi connectivity index (χ1) is 41.0. The van der Waals surface area contributed by atoms with Crippen molar-refractivity contribution >= 4 is 76.8 Å². The number of aromatic nitrogens is 8. The lowest BCUT2D eigenvalue weighted by Crippen LogP contribution is -2.55. The Bertz CT molecular complexity index is 3330. The molecule has 0 bridgehead atoms. The number of nitrogens with two attached hydrogens (primary N) is 1. The SMILES string of the molecule is CO/N=C/c1ccc2c(n1)[C@@H](C)CCN2C1=NCc2nc(N3CCC4(CC3)CO[C@@H](C)[C@H]4N)cnc21.CO/N=C/c1ccc2c(n1)[C@@H](C)CCN2c1nn(C2CCCCO2)c2nc(N3CCC4(CC3)CO[C@@H](C)[C@H]4NC(=O)OC(C)(C)C)cnc12.Cl. The van der Waals surface area contributed by atoms with Crippen LogP contribution in [0, 0.1) is 10.8 Å². The number of alkyl carbamates (subject to hydrolysis) is 1. The van der Waals surface area contributed by atoms with Gasteiger partial charge in [0.05, 0.1) is 103 Å². The predicted octanol–water partition coefficient (Wildman–Crippen LogP) is 8.32. The molecule has 462 valence electrons. The quantitative estimate of drug-likeness (QED) is 0.104. The molecule has 5 saturated heterocycles. The molecule has 7 atom stereocenters. The Hall–Kier alpha value is -6.86. The van der Waals surface area contributed by atoms with Crippen LogP contribution in [0.15, 0.2) is 52.0 Å². The van der Waals surface area contributed by atoms with Gasteiger partial charge >= 0.3 is 6.09 Å². The summed E-state index contributed by atoms with van der Waals surface area (Å²) in [6, 6.07) is 8.07. The third-order valence-electron chi connectivity index (χ3n) is 18.7. The van der Waals surface area contributed by atoms with E-state index in [1.54, 1.807) is 12.4 Å². The summed E-state index contributed by atoms with van der Waals surface area (Å²) >= 11 is 0. The van der Waals surface area contributed by atoms with Gasteiger partial charge in [0.1, 0.15) is 37.2 Å². The Kier molecular flexibility index (Phi) is 17.7. The maximum absolute atomic E-state index is 12.8. The molecular formula is C61H84ClN17O7. The zero-order valence-electron chi connectivity index (χ0n) is 51.1. The van der Waals surface area contributed by atoms with E-state index in [2.05, 4.69) is 68.1 Å². The smallest absolute Gasteiger partial charge is 0.407 e. The van der Waals surface area contributed by atoms with Crippen LogP contribution in [-0.4, -0.2) is 167 Å². The number of carbonyl (C=O) groups excluding carboxylic acids is 1. The minimum atomic E-state index is -0.564. The normalized spacial score (nSPS) is 25.8. The number of oxime groups is 2. The summed E-state index contributed by atoms with van der Waals surface area (Å²) in [5, 5.41) is 16.1. The Labute approximate surface area is 509 Å². The summed E-state index contributed by atoms with van der Waals surface area (Å²) in [7, 11) is 3.06. The number of pyridine rings is 2. The molecule has 1 amide bonds. The first kappa shape index (κ1) is 60.8. The third-order valence-corrected chi connectivity index (χ3v) is 18.7. The third kappa shape index (κ3) is 12.0. The van der Waals surface area contributed by atoms with Gasteiger partial charge in [-0.15, -0.1) is 17.5 Å². The summed E-state index contributed by atoms with van der Waals surface area (Å²) in [6.45, 7) is 21.8. The molecule has 0 aromatic carbocycles. The van der Waals surface area contributed by atoms with Crippen molar-refractivity contribution in [3.8, 4) is 0 Å². The Balaban J connectivity index is 0.000000185. The van der Waals surface area contributed by atoms with Gasteiger partial charge in [0, 0.05) is 74.6 Å². The zero-order chi connectivity index (χ0) is 59.2. The maximum atomic E-state index is 12.8. The molecule has 25 heteroatoms. The van der Waals surface area contributed by atoms with Gasteiger partial charge < -0.3 is 59.3 Å². The van der Waals surface area contributed by atoms with Crippen LogP contribution in [0.2, 0.25) is 0 Å². The number of hydrogen-bond donors (Lipinski definition) is 2. The number of ether oxygens (including phenoxy) is 4. The van der Waals surface area contributed by atoms with Crippen molar-refractivity contribution in [3.05, 3.63) is 70.8 Å². The van der Waals surface area contributed by atoms with E-state index in [-0.39, 0.29) is 59.7 Å². The fourth-order valence-corrected chi connectivity index (χ4v) is 13.7. The van der Waals surface area contributed by atoms with Crippen LogP contribution in [0.3, 0.4) is 0 Å². The minimum absolute atomic E-state index is 0. The molecular weight excluding hydrogens is 1120 g/mol. The molecule has 8 aliphatic rings.